The third kappa shape index (κ3) is 1.32. The highest BCUT2D eigenvalue weighted by atomic mass is 14.6. The molecular formula is C10H12N2. The topological polar surface area (TPSA) is 52.0 Å². The molecule has 0 saturated carbocycles. The quantitative estimate of drug-likeness (QED) is 0.651. The zero-order valence-electron chi connectivity index (χ0n) is 6.88. The molecule has 0 aliphatic carbocycles. The van der Waals surface area contributed by atoms with Crippen LogP contribution in [0.25, 0.3) is 12.2 Å². The van der Waals surface area contributed by atoms with Crippen molar-refractivity contribution in [2.75, 3.05) is 11.5 Å². The van der Waals surface area contributed by atoms with E-state index in [2.05, 4.69) is 13.2 Å². The molecule has 0 unspecified atom stereocenters. The van der Waals surface area contributed by atoms with Crippen LogP contribution >= 0.6 is 0 Å². The number of anilines is 2. The summed E-state index contributed by atoms with van der Waals surface area (Å²) in [6.07, 6.45) is 3.39. The zero-order chi connectivity index (χ0) is 9.14. The number of hydrogen-bond acceptors (Lipinski definition) is 2. The molecule has 1 aromatic carbocycles. The second-order valence-corrected chi connectivity index (χ2v) is 2.52. The summed E-state index contributed by atoms with van der Waals surface area (Å²) in [4.78, 5) is 0. The molecule has 0 amide bonds. The van der Waals surface area contributed by atoms with Gasteiger partial charge in [-0.15, -0.1) is 0 Å². The number of hydrogen-bond donors (Lipinski definition) is 2. The highest BCUT2D eigenvalue weighted by Gasteiger charge is 1.99. The molecule has 0 aliphatic heterocycles. The maximum atomic E-state index is 5.67. The number of nitrogen functional groups attached to an aromatic ring is 2. The van der Waals surface area contributed by atoms with Crippen molar-refractivity contribution in [3.8, 4) is 0 Å². The smallest absolute Gasteiger partial charge is 0.0408 e. The molecule has 1 rings (SSSR count). The number of rotatable bonds is 2. The van der Waals surface area contributed by atoms with E-state index in [1.54, 1.807) is 18.2 Å². The van der Waals surface area contributed by atoms with Crippen LogP contribution in [0, 0.1) is 0 Å². The Bertz CT molecular complexity index is 298. The van der Waals surface area contributed by atoms with Gasteiger partial charge in [-0.25, -0.2) is 0 Å². The molecule has 0 fully saturated rings. The van der Waals surface area contributed by atoms with Gasteiger partial charge in [-0.2, -0.15) is 0 Å². The van der Waals surface area contributed by atoms with Crippen LogP contribution in [0.3, 0.4) is 0 Å². The molecular weight excluding hydrogens is 148 g/mol. The van der Waals surface area contributed by atoms with Gasteiger partial charge in [-0.05, 0) is 23.3 Å². The molecule has 12 heavy (non-hydrogen) atoms. The third-order valence-corrected chi connectivity index (χ3v) is 1.73. The van der Waals surface area contributed by atoms with Gasteiger partial charge in [0.25, 0.3) is 0 Å². The maximum Gasteiger partial charge on any atom is 0.0408 e. The van der Waals surface area contributed by atoms with Crippen molar-refractivity contribution < 1.29 is 0 Å². The summed E-state index contributed by atoms with van der Waals surface area (Å²) < 4.78 is 0. The molecule has 0 atom stereocenters. The average Bonchev–Trinajstić information content (AvgIpc) is 2.05. The van der Waals surface area contributed by atoms with E-state index in [0.717, 1.165) is 11.1 Å². The van der Waals surface area contributed by atoms with Crippen molar-refractivity contribution in [1.29, 1.82) is 0 Å². The van der Waals surface area contributed by atoms with Crippen LogP contribution in [0.2, 0.25) is 0 Å². The molecule has 0 saturated heterocycles. The molecule has 0 aromatic heterocycles. The summed E-state index contributed by atoms with van der Waals surface area (Å²) in [6, 6.07) is 3.58. The standard InChI is InChI=1S/C10H12N2/c1-3-7-5-8(4-2)10(12)6-9(7)11/h3-6H,1-2,11-12H2. The second-order valence-electron chi connectivity index (χ2n) is 2.52. The van der Waals surface area contributed by atoms with Gasteiger partial charge in [-0.3, -0.25) is 0 Å². The number of nitrogens with two attached hydrogens (primary N) is 2. The van der Waals surface area contributed by atoms with Crippen molar-refractivity contribution in [1.82, 2.24) is 0 Å². The Morgan fingerprint density at radius 2 is 1.33 bits per heavy atom. The molecule has 2 nitrogen and oxygen atoms in total. The Morgan fingerprint density at radius 1 is 0.917 bits per heavy atom. The van der Waals surface area contributed by atoms with Crippen LogP contribution < -0.4 is 11.5 Å². The minimum Gasteiger partial charge on any atom is -0.398 e. The molecule has 0 spiro atoms. The van der Waals surface area contributed by atoms with E-state index in [1.165, 1.54) is 0 Å². The lowest BCUT2D eigenvalue weighted by Crippen LogP contribution is -1.95. The van der Waals surface area contributed by atoms with E-state index < -0.39 is 0 Å². The van der Waals surface area contributed by atoms with Crippen LogP contribution in [0.15, 0.2) is 25.3 Å². The molecule has 0 bridgehead atoms. The molecule has 0 radical (unpaired) electrons. The first-order valence-corrected chi connectivity index (χ1v) is 3.63. The lowest BCUT2D eigenvalue weighted by atomic mass is 10.1. The highest BCUT2D eigenvalue weighted by Crippen LogP contribution is 2.22. The van der Waals surface area contributed by atoms with Gasteiger partial charge in [0, 0.05) is 11.4 Å². The normalized spacial score (nSPS) is 9.33. The first-order valence-electron chi connectivity index (χ1n) is 3.63. The molecule has 2 heteroatoms. The number of benzene rings is 1. The zero-order valence-corrected chi connectivity index (χ0v) is 6.88. The summed E-state index contributed by atoms with van der Waals surface area (Å²) in [5, 5.41) is 0. The van der Waals surface area contributed by atoms with Crippen LogP contribution in [0.1, 0.15) is 11.1 Å². The van der Waals surface area contributed by atoms with Gasteiger partial charge in [-0.1, -0.05) is 25.3 Å². The SMILES string of the molecule is C=Cc1cc(C=C)c(N)cc1N. The summed E-state index contributed by atoms with van der Waals surface area (Å²) in [5.74, 6) is 0. The van der Waals surface area contributed by atoms with E-state index in [4.69, 9.17) is 11.5 Å². The van der Waals surface area contributed by atoms with E-state index in [1.807, 2.05) is 6.07 Å². The van der Waals surface area contributed by atoms with Crippen molar-refractivity contribution in [2.24, 2.45) is 0 Å². The van der Waals surface area contributed by atoms with Crippen LogP contribution in [-0.2, 0) is 0 Å². The monoisotopic (exact) mass is 160 g/mol. The Labute approximate surface area is 72.2 Å². The first-order chi connectivity index (χ1) is 5.69. The van der Waals surface area contributed by atoms with E-state index >= 15 is 0 Å². The predicted octanol–water partition coefficient (Wildman–Crippen LogP) is 2.14. The Balaban J connectivity index is 3.36. The van der Waals surface area contributed by atoms with E-state index in [9.17, 15) is 0 Å². The van der Waals surface area contributed by atoms with E-state index in [0.29, 0.717) is 11.4 Å². The van der Waals surface area contributed by atoms with Gasteiger partial charge in [0.15, 0.2) is 0 Å². The van der Waals surface area contributed by atoms with Crippen molar-refractivity contribution in [2.45, 2.75) is 0 Å². The average molecular weight is 160 g/mol. The maximum absolute atomic E-state index is 5.67. The van der Waals surface area contributed by atoms with Gasteiger partial charge in [0.1, 0.15) is 0 Å². The summed E-state index contributed by atoms with van der Waals surface area (Å²) in [6.45, 7) is 7.28. The Hall–Kier alpha value is -1.70. The Morgan fingerprint density at radius 3 is 1.67 bits per heavy atom. The third-order valence-electron chi connectivity index (χ3n) is 1.73. The largest absolute Gasteiger partial charge is 0.398 e. The minimum atomic E-state index is 0.646. The van der Waals surface area contributed by atoms with Crippen molar-refractivity contribution in [3.63, 3.8) is 0 Å². The van der Waals surface area contributed by atoms with Crippen LogP contribution in [-0.4, -0.2) is 0 Å². The molecule has 4 N–H and O–H groups in total. The first kappa shape index (κ1) is 8.40. The molecule has 0 heterocycles. The van der Waals surface area contributed by atoms with E-state index in [-0.39, 0.29) is 0 Å². The van der Waals surface area contributed by atoms with Gasteiger partial charge in [0.2, 0.25) is 0 Å². The molecule has 1 aromatic rings. The lowest BCUT2D eigenvalue weighted by molar-refractivity contribution is 1.60. The van der Waals surface area contributed by atoms with Gasteiger partial charge in [0.05, 0.1) is 0 Å². The van der Waals surface area contributed by atoms with Crippen LogP contribution in [0.4, 0.5) is 11.4 Å². The predicted molar refractivity (Wildman–Crippen MR) is 55.4 cm³/mol. The summed E-state index contributed by atoms with van der Waals surface area (Å²) >= 11 is 0. The lowest BCUT2D eigenvalue weighted by Gasteiger charge is -2.05. The van der Waals surface area contributed by atoms with Crippen molar-refractivity contribution >= 4 is 23.5 Å². The molecule has 62 valence electrons. The molecule has 0 aliphatic rings. The fourth-order valence-corrected chi connectivity index (χ4v) is 1.02. The van der Waals surface area contributed by atoms with Crippen molar-refractivity contribution in [3.05, 3.63) is 36.4 Å². The van der Waals surface area contributed by atoms with Crippen LogP contribution in [0.5, 0.6) is 0 Å². The summed E-state index contributed by atoms with van der Waals surface area (Å²) in [5.41, 5.74) is 14.4. The van der Waals surface area contributed by atoms with Gasteiger partial charge >= 0.3 is 0 Å². The minimum absolute atomic E-state index is 0.646. The highest BCUT2D eigenvalue weighted by molar-refractivity contribution is 5.75. The fraction of sp³-hybridized carbons (Fsp3) is 0. The second kappa shape index (κ2) is 3.13. The summed E-state index contributed by atoms with van der Waals surface area (Å²) in [7, 11) is 0. The fourth-order valence-electron chi connectivity index (χ4n) is 1.02. The Kier molecular flexibility index (Phi) is 2.19. The van der Waals surface area contributed by atoms with Gasteiger partial charge < -0.3 is 11.5 Å².